The number of allylic oxidation sites excluding steroid dienone is 4. The van der Waals surface area contributed by atoms with Crippen molar-refractivity contribution in [2.24, 2.45) is 0 Å². The lowest BCUT2D eigenvalue weighted by molar-refractivity contribution is 0.601. The predicted octanol–water partition coefficient (Wildman–Crippen LogP) is 7.36. The summed E-state index contributed by atoms with van der Waals surface area (Å²) in [5, 5.41) is 0. The van der Waals surface area contributed by atoms with Crippen molar-refractivity contribution in [3.8, 4) is 0 Å². The SMILES string of the molecule is CCCCCCCCC[SiH2]C1C=CC([SiH2]CCCCCCCCC)C=C1. The van der Waals surface area contributed by atoms with Crippen LogP contribution >= 0.6 is 0 Å². The van der Waals surface area contributed by atoms with Gasteiger partial charge in [0.2, 0.25) is 0 Å². The Bertz CT molecular complexity index is 302. The standard InChI is InChI=1S/C24H48Si2/c1-3-5-7-9-11-13-15-21-25-23-17-19-24(20-18-23)26-22-16-14-12-10-8-6-4-2/h17-20,23-24H,3-16,21-22,25-26H2,1-2H3. The van der Waals surface area contributed by atoms with Crippen molar-refractivity contribution < 1.29 is 0 Å². The van der Waals surface area contributed by atoms with Gasteiger partial charge in [0.25, 0.3) is 0 Å². The molecule has 0 spiro atoms. The van der Waals surface area contributed by atoms with E-state index in [1.165, 1.54) is 89.9 Å². The van der Waals surface area contributed by atoms with E-state index < -0.39 is 0 Å². The van der Waals surface area contributed by atoms with Gasteiger partial charge in [0.1, 0.15) is 0 Å². The minimum Gasteiger partial charge on any atom is -0.0847 e. The lowest BCUT2D eigenvalue weighted by Crippen LogP contribution is -2.06. The molecule has 0 saturated carbocycles. The summed E-state index contributed by atoms with van der Waals surface area (Å²) in [6.45, 7) is 4.61. The van der Waals surface area contributed by atoms with E-state index in [0.717, 1.165) is 11.1 Å². The summed E-state index contributed by atoms with van der Waals surface area (Å²) in [5.41, 5.74) is 1.78. The van der Waals surface area contributed by atoms with Gasteiger partial charge in [-0.3, -0.25) is 0 Å². The molecule has 0 saturated heterocycles. The molecule has 0 radical (unpaired) electrons. The lowest BCUT2D eigenvalue weighted by atomic mass is 10.1. The molecular weight excluding hydrogens is 344 g/mol. The average molecular weight is 393 g/mol. The van der Waals surface area contributed by atoms with Crippen LogP contribution in [-0.4, -0.2) is 19.0 Å². The molecule has 0 aliphatic heterocycles. The molecule has 1 aliphatic rings. The fraction of sp³-hybridized carbons (Fsp3) is 0.833. The Morgan fingerprint density at radius 2 is 0.769 bits per heavy atom. The topological polar surface area (TPSA) is 0 Å². The van der Waals surface area contributed by atoms with Crippen LogP contribution in [0.15, 0.2) is 24.3 Å². The van der Waals surface area contributed by atoms with Crippen molar-refractivity contribution in [3.05, 3.63) is 24.3 Å². The summed E-state index contributed by atoms with van der Waals surface area (Å²) in [5.74, 6) is 0. The first-order valence-corrected chi connectivity index (χ1v) is 15.9. The van der Waals surface area contributed by atoms with Gasteiger partial charge in [0.15, 0.2) is 0 Å². The predicted molar refractivity (Wildman–Crippen MR) is 128 cm³/mol. The largest absolute Gasteiger partial charge is 0.0847 e. The van der Waals surface area contributed by atoms with Crippen molar-refractivity contribution in [3.63, 3.8) is 0 Å². The van der Waals surface area contributed by atoms with Crippen LogP contribution in [0.1, 0.15) is 104 Å². The highest BCUT2D eigenvalue weighted by atomic mass is 28.2. The smallest absolute Gasteiger partial charge is 0.0327 e. The molecule has 0 atom stereocenters. The summed E-state index contributed by atoms with van der Waals surface area (Å²) in [7, 11) is 0.206. The third kappa shape index (κ3) is 14.0. The van der Waals surface area contributed by atoms with Gasteiger partial charge in [-0.05, 0) is 11.1 Å². The Morgan fingerprint density at radius 3 is 1.12 bits per heavy atom. The van der Waals surface area contributed by atoms with Crippen molar-refractivity contribution >= 4 is 19.0 Å². The van der Waals surface area contributed by atoms with Gasteiger partial charge < -0.3 is 0 Å². The van der Waals surface area contributed by atoms with E-state index in [1.54, 1.807) is 12.1 Å². The van der Waals surface area contributed by atoms with E-state index in [0.29, 0.717) is 0 Å². The molecular formula is C24H48Si2. The van der Waals surface area contributed by atoms with Gasteiger partial charge in [0.05, 0.1) is 0 Å². The van der Waals surface area contributed by atoms with Crippen LogP contribution in [-0.2, 0) is 0 Å². The summed E-state index contributed by atoms with van der Waals surface area (Å²) in [6, 6.07) is 3.13. The molecule has 0 N–H and O–H groups in total. The van der Waals surface area contributed by atoms with Gasteiger partial charge in [-0.15, -0.1) is 0 Å². The Hall–Kier alpha value is -0.0862. The van der Waals surface area contributed by atoms with E-state index in [1.807, 2.05) is 0 Å². The third-order valence-electron chi connectivity index (χ3n) is 5.99. The van der Waals surface area contributed by atoms with Crippen LogP contribution in [0.25, 0.3) is 0 Å². The molecule has 1 aliphatic carbocycles. The van der Waals surface area contributed by atoms with E-state index in [-0.39, 0.29) is 19.0 Å². The van der Waals surface area contributed by atoms with Crippen LogP contribution in [0.3, 0.4) is 0 Å². The van der Waals surface area contributed by atoms with E-state index >= 15 is 0 Å². The first-order chi connectivity index (χ1) is 12.9. The number of unbranched alkanes of at least 4 members (excludes halogenated alkanes) is 12. The molecule has 0 amide bonds. The Balaban J connectivity index is 1.90. The quantitative estimate of drug-likeness (QED) is 0.130. The van der Waals surface area contributed by atoms with E-state index in [9.17, 15) is 0 Å². The lowest BCUT2D eigenvalue weighted by Gasteiger charge is -2.16. The Morgan fingerprint density at radius 1 is 0.462 bits per heavy atom. The highest BCUT2D eigenvalue weighted by Crippen LogP contribution is 2.24. The molecule has 0 unspecified atom stereocenters. The van der Waals surface area contributed by atoms with Gasteiger partial charge in [0, 0.05) is 19.0 Å². The fourth-order valence-electron chi connectivity index (χ4n) is 4.11. The van der Waals surface area contributed by atoms with Crippen molar-refractivity contribution in [2.75, 3.05) is 0 Å². The first-order valence-electron chi connectivity index (χ1n) is 12.2. The molecule has 0 heterocycles. The second kappa shape index (κ2) is 18.3. The first kappa shape index (κ1) is 24.0. The number of hydrogen-bond acceptors (Lipinski definition) is 0. The zero-order valence-corrected chi connectivity index (χ0v) is 21.0. The summed E-state index contributed by atoms with van der Waals surface area (Å²) in [6.07, 6.45) is 30.8. The molecule has 0 bridgehead atoms. The van der Waals surface area contributed by atoms with Crippen LogP contribution in [0.2, 0.25) is 23.2 Å². The van der Waals surface area contributed by atoms with Gasteiger partial charge in [-0.2, -0.15) is 0 Å². The van der Waals surface area contributed by atoms with Gasteiger partial charge >= 0.3 is 0 Å². The maximum absolute atomic E-state index is 2.59. The number of rotatable bonds is 18. The molecule has 2 heteroatoms. The average Bonchev–Trinajstić information content (AvgIpc) is 2.67. The molecule has 0 nitrogen and oxygen atoms in total. The summed E-state index contributed by atoms with van der Waals surface area (Å²) >= 11 is 0. The van der Waals surface area contributed by atoms with Crippen molar-refractivity contribution in [1.29, 1.82) is 0 Å². The monoisotopic (exact) mass is 392 g/mol. The Kier molecular flexibility index (Phi) is 16.8. The Labute approximate surface area is 170 Å². The minimum absolute atomic E-state index is 0.103. The van der Waals surface area contributed by atoms with E-state index in [4.69, 9.17) is 0 Å². The van der Waals surface area contributed by atoms with Crippen molar-refractivity contribution in [2.45, 2.75) is 127 Å². The molecule has 152 valence electrons. The van der Waals surface area contributed by atoms with E-state index in [2.05, 4.69) is 38.2 Å². The summed E-state index contributed by atoms with van der Waals surface area (Å²) in [4.78, 5) is 0. The third-order valence-corrected chi connectivity index (χ3v) is 10.2. The maximum atomic E-state index is 2.59. The second-order valence-corrected chi connectivity index (χ2v) is 13.1. The van der Waals surface area contributed by atoms with Crippen molar-refractivity contribution in [1.82, 2.24) is 0 Å². The molecule has 0 aromatic rings. The molecule has 26 heavy (non-hydrogen) atoms. The second-order valence-electron chi connectivity index (χ2n) is 8.62. The zero-order valence-electron chi connectivity index (χ0n) is 18.2. The highest BCUT2D eigenvalue weighted by molar-refractivity contribution is 6.41. The number of hydrogen-bond donors (Lipinski definition) is 0. The fourth-order valence-corrected chi connectivity index (χ4v) is 7.74. The normalized spacial score (nSPS) is 20.2. The van der Waals surface area contributed by atoms with Crippen LogP contribution in [0.4, 0.5) is 0 Å². The zero-order chi connectivity index (χ0) is 18.7. The molecule has 0 aromatic heterocycles. The maximum Gasteiger partial charge on any atom is 0.0327 e. The molecule has 0 aromatic carbocycles. The minimum atomic E-state index is 0.103. The van der Waals surface area contributed by atoms with Gasteiger partial charge in [-0.25, -0.2) is 0 Å². The summed E-state index contributed by atoms with van der Waals surface area (Å²) < 4.78 is 0. The van der Waals surface area contributed by atoms with Crippen LogP contribution in [0.5, 0.6) is 0 Å². The van der Waals surface area contributed by atoms with Crippen LogP contribution < -0.4 is 0 Å². The molecule has 1 rings (SSSR count). The molecule has 0 fully saturated rings. The highest BCUT2D eigenvalue weighted by Gasteiger charge is 2.10. The van der Waals surface area contributed by atoms with Crippen LogP contribution in [0, 0.1) is 0 Å². The van der Waals surface area contributed by atoms with Gasteiger partial charge in [-0.1, -0.05) is 140 Å².